The molecule has 0 spiro atoms. The maximum atomic E-state index is 12.9. The molecule has 6 heteroatoms. The standard InChI is InChI=1S/C24H29N3O3/c1-3-30-23-13-11-21(12-14-23)25-24(28)27(16-17-29-2)19-22-10-7-15-26(22)18-20-8-5-4-6-9-20/h4-15H,3,16-19H2,1-2H3,(H,25,28). The molecule has 0 aliphatic rings. The topological polar surface area (TPSA) is 55.7 Å². The third-order valence-corrected chi connectivity index (χ3v) is 4.74. The van der Waals surface area contributed by atoms with Crippen LogP contribution >= 0.6 is 0 Å². The molecule has 0 radical (unpaired) electrons. The number of rotatable bonds is 10. The minimum absolute atomic E-state index is 0.163. The molecule has 3 aromatic rings. The second-order valence-electron chi connectivity index (χ2n) is 6.91. The van der Waals surface area contributed by atoms with Gasteiger partial charge in [-0.1, -0.05) is 30.3 Å². The molecule has 158 valence electrons. The average molecular weight is 408 g/mol. The van der Waals surface area contributed by atoms with Crippen molar-refractivity contribution in [2.24, 2.45) is 0 Å². The predicted molar refractivity (Wildman–Crippen MR) is 119 cm³/mol. The van der Waals surface area contributed by atoms with Gasteiger partial charge < -0.3 is 24.3 Å². The quantitative estimate of drug-likeness (QED) is 0.534. The summed E-state index contributed by atoms with van der Waals surface area (Å²) in [5, 5.41) is 2.97. The molecule has 0 saturated carbocycles. The Hall–Kier alpha value is -3.25. The van der Waals surface area contributed by atoms with Crippen LogP contribution in [0.15, 0.2) is 72.9 Å². The number of methoxy groups -OCH3 is 1. The molecule has 0 saturated heterocycles. The van der Waals surface area contributed by atoms with E-state index in [1.807, 2.05) is 67.7 Å². The summed E-state index contributed by atoms with van der Waals surface area (Å²) in [6.07, 6.45) is 2.04. The summed E-state index contributed by atoms with van der Waals surface area (Å²) in [4.78, 5) is 14.7. The lowest BCUT2D eigenvalue weighted by molar-refractivity contribution is 0.152. The molecule has 2 amide bonds. The van der Waals surface area contributed by atoms with Crippen molar-refractivity contribution in [3.63, 3.8) is 0 Å². The fraction of sp³-hybridized carbons (Fsp3) is 0.292. The van der Waals surface area contributed by atoms with Crippen LogP contribution < -0.4 is 10.1 Å². The van der Waals surface area contributed by atoms with E-state index in [4.69, 9.17) is 9.47 Å². The Morgan fingerprint density at radius 2 is 1.80 bits per heavy atom. The maximum Gasteiger partial charge on any atom is 0.322 e. The second-order valence-corrected chi connectivity index (χ2v) is 6.91. The predicted octanol–water partition coefficient (Wildman–Crippen LogP) is 4.62. The minimum atomic E-state index is -0.163. The number of hydrogen-bond acceptors (Lipinski definition) is 3. The average Bonchev–Trinajstić information content (AvgIpc) is 3.20. The molecule has 1 aromatic heterocycles. The largest absolute Gasteiger partial charge is 0.494 e. The van der Waals surface area contributed by atoms with Gasteiger partial charge in [-0.3, -0.25) is 0 Å². The highest BCUT2D eigenvalue weighted by Gasteiger charge is 2.16. The van der Waals surface area contributed by atoms with Gasteiger partial charge in [-0.05, 0) is 48.9 Å². The molecule has 0 atom stereocenters. The Bertz CT molecular complexity index is 907. The number of urea groups is 1. The molecule has 6 nitrogen and oxygen atoms in total. The van der Waals surface area contributed by atoms with E-state index in [1.54, 1.807) is 12.0 Å². The first-order valence-corrected chi connectivity index (χ1v) is 10.1. The maximum absolute atomic E-state index is 12.9. The van der Waals surface area contributed by atoms with Crippen molar-refractivity contribution in [1.82, 2.24) is 9.47 Å². The van der Waals surface area contributed by atoms with E-state index in [0.717, 1.165) is 23.7 Å². The fourth-order valence-corrected chi connectivity index (χ4v) is 3.18. The van der Waals surface area contributed by atoms with Crippen LogP contribution in [-0.4, -0.2) is 42.4 Å². The van der Waals surface area contributed by atoms with Gasteiger partial charge in [0, 0.05) is 37.8 Å². The molecule has 1 N–H and O–H groups in total. The highest BCUT2D eigenvalue weighted by atomic mass is 16.5. The first kappa shape index (κ1) is 21.5. The highest BCUT2D eigenvalue weighted by molar-refractivity contribution is 5.89. The van der Waals surface area contributed by atoms with E-state index in [2.05, 4.69) is 22.0 Å². The molecule has 1 heterocycles. The zero-order chi connectivity index (χ0) is 21.2. The van der Waals surface area contributed by atoms with Crippen molar-refractivity contribution in [3.8, 4) is 5.75 Å². The van der Waals surface area contributed by atoms with Crippen molar-refractivity contribution in [1.29, 1.82) is 0 Å². The SMILES string of the molecule is CCOc1ccc(NC(=O)N(CCOC)Cc2cccn2Cc2ccccc2)cc1. The van der Waals surface area contributed by atoms with E-state index < -0.39 is 0 Å². The van der Waals surface area contributed by atoms with Gasteiger partial charge in [-0.15, -0.1) is 0 Å². The molecule has 2 aromatic carbocycles. The number of anilines is 1. The number of hydrogen-bond donors (Lipinski definition) is 1. The van der Waals surface area contributed by atoms with E-state index in [0.29, 0.717) is 26.3 Å². The summed E-state index contributed by atoms with van der Waals surface area (Å²) in [6.45, 7) is 4.77. The molecule has 0 fully saturated rings. The Balaban J connectivity index is 1.68. The first-order chi connectivity index (χ1) is 14.7. The summed E-state index contributed by atoms with van der Waals surface area (Å²) in [7, 11) is 1.64. The Kier molecular flexibility index (Phi) is 7.92. The van der Waals surface area contributed by atoms with Crippen molar-refractivity contribution < 1.29 is 14.3 Å². The number of carbonyl (C=O) groups excluding carboxylic acids is 1. The molecule has 0 aliphatic carbocycles. The summed E-state index contributed by atoms with van der Waals surface area (Å²) in [5.74, 6) is 0.783. The van der Waals surface area contributed by atoms with Crippen molar-refractivity contribution in [3.05, 3.63) is 84.2 Å². The van der Waals surface area contributed by atoms with E-state index in [9.17, 15) is 4.79 Å². The van der Waals surface area contributed by atoms with E-state index in [1.165, 1.54) is 5.56 Å². The van der Waals surface area contributed by atoms with Gasteiger partial charge in [0.05, 0.1) is 19.8 Å². The van der Waals surface area contributed by atoms with Crippen LogP contribution in [0.1, 0.15) is 18.2 Å². The number of carbonyl (C=O) groups is 1. The van der Waals surface area contributed by atoms with Gasteiger partial charge in [0.25, 0.3) is 0 Å². The number of nitrogens with zero attached hydrogens (tertiary/aromatic N) is 2. The molecule has 0 aliphatic heterocycles. The van der Waals surface area contributed by atoms with Crippen LogP contribution in [0.4, 0.5) is 10.5 Å². The van der Waals surface area contributed by atoms with Crippen LogP contribution in [0.2, 0.25) is 0 Å². The lowest BCUT2D eigenvalue weighted by atomic mass is 10.2. The number of aromatic nitrogens is 1. The van der Waals surface area contributed by atoms with Gasteiger partial charge in [0.1, 0.15) is 5.75 Å². The molecule has 30 heavy (non-hydrogen) atoms. The second kappa shape index (κ2) is 11.1. The van der Waals surface area contributed by atoms with E-state index >= 15 is 0 Å². The Morgan fingerprint density at radius 3 is 2.50 bits per heavy atom. The lowest BCUT2D eigenvalue weighted by Crippen LogP contribution is -2.37. The van der Waals surface area contributed by atoms with Gasteiger partial charge in [0.15, 0.2) is 0 Å². The minimum Gasteiger partial charge on any atom is -0.494 e. The van der Waals surface area contributed by atoms with Crippen LogP contribution in [0.25, 0.3) is 0 Å². The van der Waals surface area contributed by atoms with Gasteiger partial charge in [0.2, 0.25) is 0 Å². The summed E-state index contributed by atoms with van der Waals surface area (Å²) >= 11 is 0. The monoisotopic (exact) mass is 407 g/mol. The van der Waals surface area contributed by atoms with Gasteiger partial charge in [-0.2, -0.15) is 0 Å². The Morgan fingerprint density at radius 1 is 1.03 bits per heavy atom. The smallest absolute Gasteiger partial charge is 0.322 e. The zero-order valence-corrected chi connectivity index (χ0v) is 17.6. The van der Waals surface area contributed by atoms with Gasteiger partial charge in [-0.25, -0.2) is 4.79 Å². The van der Waals surface area contributed by atoms with Gasteiger partial charge >= 0.3 is 6.03 Å². The third kappa shape index (κ3) is 6.12. The Labute approximate surface area is 178 Å². The number of benzene rings is 2. The molecular formula is C24H29N3O3. The highest BCUT2D eigenvalue weighted by Crippen LogP contribution is 2.17. The van der Waals surface area contributed by atoms with Crippen LogP contribution in [0.5, 0.6) is 5.75 Å². The number of nitrogens with one attached hydrogen (secondary N) is 1. The molecule has 0 unspecified atom stereocenters. The molecular weight excluding hydrogens is 378 g/mol. The summed E-state index contributed by atoms with van der Waals surface area (Å²) in [5.41, 5.74) is 3.01. The number of ether oxygens (including phenoxy) is 2. The van der Waals surface area contributed by atoms with Crippen LogP contribution in [0, 0.1) is 0 Å². The summed E-state index contributed by atoms with van der Waals surface area (Å²) < 4.78 is 12.8. The van der Waals surface area contributed by atoms with Crippen molar-refractivity contribution in [2.75, 3.05) is 32.2 Å². The molecule has 0 bridgehead atoms. The first-order valence-electron chi connectivity index (χ1n) is 10.1. The normalized spacial score (nSPS) is 10.6. The summed E-state index contributed by atoms with van der Waals surface area (Å²) in [6, 6.07) is 21.6. The zero-order valence-electron chi connectivity index (χ0n) is 17.6. The van der Waals surface area contributed by atoms with Crippen molar-refractivity contribution >= 4 is 11.7 Å². The lowest BCUT2D eigenvalue weighted by Gasteiger charge is -2.24. The molecule has 3 rings (SSSR count). The fourth-order valence-electron chi connectivity index (χ4n) is 3.18. The van der Waals surface area contributed by atoms with E-state index in [-0.39, 0.29) is 6.03 Å². The third-order valence-electron chi connectivity index (χ3n) is 4.74. The van der Waals surface area contributed by atoms with Crippen molar-refractivity contribution in [2.45, 2.75) is 20.0 Å². The number of amides is 2. The van der Waals surface area contributed by atoms with Crippen LogP contribution in [0.3, 0.4) is 0 Å². The van der Waals surface area contributed by atoms with Crippen LogP contribution in [-0.2, 0) is 17.8 Å².